The second kappa shape index (κ2) is 8.94. The van der Waals surface area contributed by atoms with Crippen molar-refractivity contribution in [3.05, 3.63) is 75.2 Å². The van der Waals surface area contributed by atoms with E-state index >= 15 is 0 Å². The number of nitrogens with zero attached hydrogens (tertiary/aromatic N) is 5. The van der Waals surface area contributed by atoms with Crippen LogP contribution < -0.4 is 5.56 Å². The number of hydrogen-bond donors (Lipinski definition) is 1. The quantitative estimate of drug-likeness (QED) is 0.443. The third-order valence-electron chi connectivity index (χ3n) is 5.94. The van der Waals surface area contributed by atoms with E-state index in [-0.39, 0.29) is 17.1 Å². The molecular formula is C25H32N6O2. The Morgan fingerprint density at radius 2 is 1.97 bits per heavy atom. The van der Waals surface area contributed by atoms with Crippen molar-refractivity contribution >= 4 is 10.9 Å². The lowest BCUT2D eigenvalue weighted by Crippen LogP contribution is -2.35. The average molecular weight is 449 g/mol. The lowest BCUT2D eigenvalue weighted by Gasteiger charge is -2.31. The van der Waals surface area contributed by atoms with Gasteiger partial charge in [-0.1, -0.05) is 18.6 Å². The summed E-state index contributed by atoms with van der Waals surface area (Å²) in [6.07, 6.45) is 2.45. The van der Waals surface area contributed by atoms with Crippen LogP contribution in [0, 0.1) is 13.8 Å². The van der Waals surface area contributed by atoms with E-state index in [4.69, 9.17) is 4.42 Å². The van der Waals surface area contributed by atoms with E-state index in [2.05, 4.69) is 72.2 Å². The molecule has 8 nitrogen and oxygen atoms in total. The zero-order valence-electron chi connectivity index (χ0n) is 20.2. The van der Waals surface area contributed by atoms with Crippen LogP contribution in [0.2, 0.25) is 0 Å². The van der Waals surface area contributed by atoms with E-state index < -0.39 is 0 Å². The molecule has 1 atom stereocenters. The summed E-state index contributed by atoms with van der Waals surface area (Å²) in [5.74, 6) is 1.60. The van der Waals surface area contributed by atoms with Crippen LogP contribution in [0.25, 0.3) is 10.9 Å². The van der Waals surface area contributed by atoms with Gasteiger partial charge in [0.15, 0.2) is 5.82 Å². The van der Waals surface area contributed by atoms with Crippen LogP contribution in [0.15, 0.2) is 45.8 Å². The van der Waals surface area contributed by atoms with Crippen molar-refractivity contribution in [3.8, 4) is 0 Å². The van der Waals surface area contributed by atoms with E-state index in [9.17, 15) is 4.79 Å². The fourth-order valence-corrected chi connectivity index (χ4v) is 4.43. The van der Waals surface area contributed by atoms with E-state index in [1.165, 1.54) is 5.56 Å². The fourth-order valence-electron chi connectivity index (χ4n) is 4.43. The Bertz CT molecular complexity index is 1300. The number of rotatable bonds is 7. The molecule has 0 unspecified atom stereocenters. The molecule has 0 radical (unpaired) electrons. The highest BCUT2D eigenvalue weighted by Crippen LogP contribution is 2.29. The van der Waals surface area contributed by atoms with Gasteiger partial charge in [-0.2, -0.15) is 0 Å². The van der Waals surface area contributed by atoms with Gasteiger partial charge in [0.05, 0.1) is 29.9 Å². The van der Waals surface area contributed by atoms with Gasteiger partial charge >= 0.3 is 0 Å². The maximum absolute atomic E-state index is 13.1. The van der Waals surface area contributed by atoms with Gasteiger partial charge < -0.3 is 9.40 Å². The zero-order chi connectivity index (χ0) is 23.8. The first-order chi connectivity index (χ1) is 15.7. The zero-order valence-corrected chi connectivity index (χ0v) is 20.2. The Labute approximate surface area is 193 Å². The number of pyridine rings is 1. The summed E-state index contributed by atoms with van der Waals surface area (Å²) < 4.78 is 7.53. The van der Waals surface area contributed by atoms with Crippen molar-refractivity contribution in [2.24, 2.45) is 0 Å². The summed E-state index contributed by atoms with van der Waals surface area (Å²) in [5, 5.41) is 13.6. The second-order valence-corrected chi connectivity index (χ2v) is 9.70. The topological polar surface area (TPSA) is 92.8 Å². The Morgan fingerprint density at radius 1 is 1.18 bits per heavy atom. The highest BCUT2D eigenvalue weighted by atomic mass is 16.3. The monoisotopic (exact) mass is 448 g/mol. The Morgan fingerprint density at radius 3 is 2.64 bits per heavy atom. The molecule has 0 bridgehead atoms. The van der Waals surface area contributed by atoms with Gasteiger partial charge in [0.2, 0.25) is 0 Å². The van der Waals surface area contributed by atoms with Crippen molar-refractivity contribution in [1.29, 1.82) is 0 Å². The minimum atomic E-state index is -0.266. The Hall–Kier alpha value is -3.26. The van der Waals surface area contributed by atoms with Crippen LogP contribution >= 0.6 is 0 Å². The molecule has 0 saturated carbocycles. The number of benzene rings is 1. The van der Waals surface area contributed by atoms with Crippen LogP contribution in [0.1, 0.15) is 68.4 Å². The number of furan rings is 1. The molecule has 0 spiro atoms. The standard InChI is InChI=1S/C25H32N6O2/c1-7-21(23-27-28-29-31(23)25(4,5)6)30(15-20-9-8-10-33-20)14-19-13-18-12-16(2)11-17(3)22(18)26-24(19)32/h8-13,21H,7,14-15H2,1-6H3,(H,26,32)/t21-/m1/s1. The highest BCUT2D eigenvalue weighted by Gasteiger charge is 2.30. The minimum absolute atomic E-state index is 0.0795. The smallest absolute Gasteiger partial charge is 0.252 e. The summed E-state index contributed by atoms with van der Waals surface area (Å²) >= 11 is 0. The fraction of sp³-hybridized carbons (Fsp3) is 0.440. The number of aryl methyl sites for hydroxylation is 2. The van der Waals surface area contributed by atoms with Gasteiger partial charge in [-0.05, 0) is 86.7 Å². The van der Waals surface area contributed by atoms with Crippen molar-refractivity contribution in [1.82, 2.24) is 30.1 Å². The molecule has 0 amide bonds. The third-order valence-corrected chi connectivity index (χ3v) is 5.94. The maximum Gasteiger partial charge on any atom is 0.252 e. The van der Waals surface area contributed by atoms with E-state index in [1.807, 2.05) is 29.8 Å². The number of aromatic nitrogens is 5. The number of nitrogens with one attached hydrogen (secondary N) is 1. The summed E-state index contributed by atoms with van der Waals surface area (Å²) in [6, 6.07) is 9.92. The lowest BCUT2D eigenvalue weighted by molar-refractivity contribution is 0.142. The maximum atomic E-state index is 13.1. The lowest BCUT2D eigenvalue weighted by atomic mass is 10.0. The Kier molecular flexibility index (Phi) is 6.21. The molecule has 3 heterocycles. The normalized spacial score (nSPS) is 13.2. The first-order valence-electron chi connectivity index (χ1n) is 11.4. The van der Waals surface area contributed by atoms with Crippen LogP contribution in [-0.4, -0.2) is 30.1 Å². The number of aromatic amines is 1. The molecule has 0 fully saturated rings. The van der Waals surface area contributed by atoms with Crippen LogP contribution in [0.4, 0.5) is 0 Å². The van der Waals surface area contributed by atoms with Crippen LogP contribution in [0.3, 0.4) is 0 Å². The van der Waals surface area contributed by atoms with Gasteiger partial charge in [0, 0.05) is 12.1 Å². The van der Waals surface area contributed by atoms with Gasteiger partial charge in [-0.15, -0.1) is 5.10 Å². The minimum Gasteiger partial charge on any atom is -0.468 e. The number of H-pyrrole nitrogens is 1. The predicted molar refractivity (Wildman–Crippen MR) is 128 cm³/mol. The molecule has 4 rings (SSSR count). The van der Waals surface area contributed by atoms with Gasteiger partial charge in [-0.3, -0.25) is 9.69 Å². The molecule has 1 N–H and O–H groups in total. The van der Waals surface area contributed by atoms with E-state index in [0.717, 1.165) is 34.5 Å². The molecule has 3 aromatic heterocycles. The third kappa shape index (κ3) is 4.75. The van der Waals surface area contributed by atoms with Gasteiger partial charge in [0.1, 0.15) is 5.76 Å². The second-order valence-electron chi connectivity index (χ2n) is 9.70. The first kappa shape index (κ1) is 22.9. The number of fused-ring (bicyclic) bond motifs is 1. The largest absolute Gasteiger partial charge is 0.468 e. The van der Waals surface area contributed by atoms with Gasteiger partial charge in [-0.25, -0.2) is 4.68 Å². The molecule has 33 heavy (non-hydrogen) atoms. The SMILES string of the molecule is CC[C@H](c1nnnn1C(C)(C)C)N(Cc1ccco1)Cc1cc2cc(C)cc(C)c2[nH]c1=O. The van der Waals surface area contributed by atoms with Crippen LogP contribution in [0.5, 0.6) is 0 Å². The predicted octanol–water partition coefficient (Wildman–Crippen LogP) is 4.63. The molecule has 8 heteroatoms. The molecule has 1 aromatic carbocycles. The molecule has 174 valence electrons. The van der Waals surface area contributed by atoms with Crippen LogP contribution in [-0.2, 0) is 18.6 Å². The van der Waals surface area contributed by atoms with E-state index in [0.29, 0.717) is 18.7 Å². The van der Waals surface area contributed by atoms with Gasteiger partial charge in [0.25, 0.3) is 5.56 Å². The van der Waals surface area contributed by atoms with Crippen molar-refractivity contribution < 1.29 is 4.42 Å². The molecule has 0 aliphatic heterocycles. The van der Waals surface area contributed by atoms with Crippen molar-refractivity contribution in [3.63, 3.8) is 0 Å². The van der Waals surface area contributed by atoms with Crippen molar-refractivity contribution in [2.45, 2.75) is 72.6 Å². The number of hydrogen-bond acceptors (Lipinski definition) is 6. The molecular weight excluding hydrogens is 416 g/mol. The Balaban J connectivity index is 1.78. The summed E-state index contributed by atoms with van der Waals surface area (Å²) in [4.78, 5) is 18.4. The summed E-state index contributed by atoms with van der Waals surface area (Å²) in [6.45, 7) is 13.4. The molecule has 4 aromatic rings. The number of tetrazole rings is 1. The molecule has 0 aliphatic carbocycles. The molecule has 0 saturated heterocycles. The van der Waals surface area contributed by atoms with Crippen molar-refractivity contribution in [2.75, 3.05) is 0 Å². The summed E-state index contributed by atoms with van der Waals surface area (Å²) in [7, 11) is 0. The summed E-state index contributed by atoms with van der Waals surface area (Å²) in [5.41, 5.74) is 3.48. The van der Waals surface area contributed by atoms with E-state index in [1.54, 1.807) is 6.26 Å². The first-order valence-corrected chi connectivity index (χ1v) is 11.4. The highest BCUT2D eigenvalue weighted by molar-refractivity contribution is 5.82. The molecule has 0 aliphatic rings. The average Bonchev–Trinajstić information content (AvgIpc) is 3.42.